The van der Waals surface area contributed by atoms with Crippen LogP contribution in [0.3, 0.4) is 0 Å². The maximum atomic E-state index is 4.09. The summed E-state index contributed by atoms with van der Waals surface area (Å²) in [6, 6.07) is 0. The largest absolute Gasteiger partial charge is 0.320 e. The molecule has 0 amide bonds. The minimum absolute atomic E-state index is 0.690. The topological polar surface area (TPSA) is 60.6 Å². The molecule has 0 aromatic carbocycles. The van der Waals surface area contributed by atoms with Gasteiger partial charge in [-0.05, 0) is 0 Å². The molecule has 0 aliphatic carbocycles. The summed E-state index contributed by atoms with van der Waals surface area (Å²) in [5.41, 5.74) is 1.11. The van der Waals surface area contributed by atoms with Crippen molar-refractivity contribution in [3.63, 3.8) is 0 Å². The summed E-state index contributed by atoms with van der Waals surface area (Å²) in [4.78, 5) is 0. The molecule has 2 rings (SSSR count). The van der Waals surface area contributed by atoms with Crippen LogP contribution in [0, 0.1) is 0 Å². The third kappa shape index (κ3) is 2.34. The third-order valence-corrected chi connectivity index (χ3v) is 2.26. The van der Waals surface area contributed by atoms with E-state index in [-0.39, 0.29) is 0 Å². The lowest BCUT2D eigenvalue weighted by Crippen LogP contribution is -2.15. The first-order valence-corrected chi connectivity index (χ1v) is 4.99. The minimum atomic E-state index is 0.690. The molecule has 0 fully saturated rings. The highest BCUT2D eigenvalue weighted by Gasteiger charge is 2.00. The van der Waals surface area contributed by atoms with E-state index in [1.54, 1.807) is 17.2 Å². The van der Waals surface area contributed by atoms with E-state index in [0.717, 1.165) is 17.9 Å². The molecular formula is C10H14N6. The van der Waals surface area contributed by atoms with Crippen molar-refractivity contribution in [2.45, 2.75) is 13.1 Å². The average molecular weight is 218 g/mol. The zero-order valence-electron chi connectivity index (χ0n) is 9.17. The van der Waals surface area contributed by atoms with E-state index in [1.165, 1.54) is 0 Å². The van der Waals surface area contributed by atoms with E-state index >= 15 is 0 Å². The van der Waals surface area contributed by atoms with E-state index in [4.69, 9.17) is 0 Å². The highest BCUT2D eigenvalue weighted by atomic mass is 15.3. The van der Waals surface area contributed by atoms with E-state index in [0.29, 0.717) is 6.54 Å². The molecule has 6 nitrogen and oxygen atoms in total. The molecule has 0 radical (unpaired) electrons. The molecule has 2 aromatic rings. The molecule has 2 aromatic heterocycles. The molecule has 0 atom stereocenters. The first kappa shape index (κ1) is 10.6. The Hall–Kier alpha value is -1.95. The van der Waals surface area contributed by atoms with Gasteiger partial charge in [0.05, 0.1) is 12.7 Å². The van der Waals surface area contributed by atoms with Gasteiger partial charge in [0.15, 0.2) is 0 Å². The summed E-state index contributed by atoms with van der Waals surface area (Å²) in [5, 5.41) is 15.2. The highest BCUT2D eigenvalue weighted by molar-refractivity contribution is 5.17. The van der Waals surface area contributed by atoms with Crippen LogP contribution in [0.25, 0.3) is 6.20 Å². The molecule has 0 saturated carbocycles. The molecule has 0 aliphatic heterocycles. The first-order valence-electron chi connectivity index (χ1n) is 4.99. The molecular weight excluding hydrogens is 204 g/mol. The molecule has 0 spiro atoms. The molecule has 0 saturated heterocycles. The zero-order valence-corrected chi connectivity index (χ0v) is 9.17. The molecule has 1 N–H and O–H groups in total. The average Bonchev–Trinajstić information content (AvgIpc) is 2.89. The fourth-order valence-electron chi connectivity index (χ4n) is 1.35. The molecule has 6 heteroatoms. The monoisotopic (exact) mass is 218 g/mol. The van der Waals surface area contributed by atoms with Crippen molar-refractivity contribution in [1.82, 2.24) is 29.9 Å². The third-order valence-electron chi connectivity index (χ3n) is 2.26. The van der Waals surface area contributed by atoms with Gasteiger partial charge >= 0.3 is 0 Å². The summed E-state index contributed by atoms with van der Waals surface area (Å²) in [6.07, 6.45) is 7.08. The fraction of sp³-hybridized carbons (Fsp3) is 0.300. The summed E-state index contributed by atoms with van der Waals surface area (Å²) in [5.74, 6) is 0.913. The van der Waals surface area contributed by atoms with Crippen molar-refractivity contribution in [3.05, 3.63) is 36.7 Å². The van der Waals surface area contributed by atoms with E-state index in [2.05, 4.69) is 27.2 Å². The minimum Gasteiger partial charge on any atom is -0.320 e. The summed E-state index contributed by atoms with van der Waals surface area (Å²) >= 11 is 0. The Labute approximate surface area is 93.6 Å². The molecule has 16 heavy (non-hydrogen) atoms. The number of hydrogen-bond acceptors (Lipinski definition) is 4. The lowest BCUT2D eigenvalue weighted by atomic mass is 10.3. The van der Waals surface area contributed by atoms with Gasteiger partial charge in [-0.25, -0.2) is 4.68 Å². The Morgan fingerprint density at radius 1 is 1.50 bits per heavy atom. The van der Waals surface area contributed by atoms with E-state index in [9.17, 15) is 0 Å². The van der Waals surface area contributed by atoms with Crippen molar-refractivity contribution in [2.75, 3.05) is 0 Å². The Bertz CT molecular complexity index is 469. The lowest BCUT2D eigenvalue weighted by molar-refractivity contribution is 0.637. The van der Waals surface area contributed by atoms with Gasteiger partial charge in [0.1, 0.15) is 12.2 Å². The molecule has 0 unspecified atom stereocenters. The maximum Gasteiger partial charge on any atom is 0.146 e. The summed E-state index contributed by atoms with van der Waals surface area (Å²) in [7, 11) is 1.92. The number of nitrogens with one attached hydrogen (secondary N) is 1. The molecule has 84 valence electrons. The Kier molecular flexibility index (Phi) is 3.11. The number of nitrogens with zero attached hydrogens (tertiary/aromatic N) is 5. The number of hydrogen-bond donors (Lipinski definition) is 1. The Balaban J connectivity index is 1.84. The maximum absolute atomic E-state index is 4.09. The standard InChI is InChI=1S/C10H14N6/c1-3-16-7-9(5-13-16)4-11-6-10-14-12-8-15(10)2/h3,5,7-8,11H,1,4,6H2,2H3. The lowest BCUT2D eigenvalue weighted by Gasteiger charge is -2.01. The van der Waals surface area contributed by atoms with Crippen molar-refractivity contribution < 1.29 is 0 Å². The van der Waals surface area contributed by atoms with Gasteiger partial charge in [0.25, 0.3) is 0 Å². The van der Waals surface area contributed by atoms with Crippen molar-refractivity contribution in [2.24, 2.45) is 7.05 Å². The summed E-state index contributed by atoms with van der Waals surface area (Å²) < 4.78 is 3.57. The number of aromatic nitrogens is 5. The Morgan fingerprint density at radius 2 is 2.38 bits per heavy atom. The van der Waals surface area contributed by atoms with Gasteiger partial charge in [0, 0.05) is 31.6 Å². The van der Waals surface area contributed by atoms with E-state index in [1.807, 2.05) is 24.0 Å². The van der Waals surface area contributed by atoms with Gasteiger partial charge < -0.3 is 9.88 Å². The predicted molar refractivity (Wildman–Crippen MR) is 60.2 cm³/mol. The van der Waals surface area contributed by atoms with Crippen molar-refractivity contribution >= 4 is 6.20 Å². The van der Waals surface area contributed by atoms with Crippen LogP contribution in [0.5, 0.6) is 0 Å². The van der Waals surface area contributed by atoms with Crippen molar-refractivity contribution in [1.29, 1.82) is 0 Å². The summed E-state index contributed by atoms with van der Waals surface area (Å²) in [6.45, 7) is 5.08. The van der Waals surface area contributed by atoms with Gasteiger partial charge in [-0.1, -0.05) is 6.58 Å². The Morgan fingerprint density at radius 3 is 3.00 bits per heavy atom. The molecule has 0 aliphatic rings. The van der Waals surface area contributed by atoms with Crippen LogP contribution in [-0.4, -0.2) is 24.5 Å². The number of rotatable bonds is 5. The van der Waals surface area contributed by atoms with Crippen LogP contribution in [-0.2, 0) is 20.1 Å². The smallest absolute Gasteiger partial charge is 0.146 e. The SMILES string of the molecule is C=Cn1cc(CNCc2nncn2C)cn1. The molecule has 0 bridgehead atoms. The second kappa shape index (κ2) is 4.71. The van der Waals surface area contributed by atoms with Gasteiger partial charge in [-0.3, -0.25) is 0 Å². The quantitative estimate of drug-likeness (QED) is 0.789. The first-order chi connectivity index (χ1) is 7.79. The van der Waals surface area contributed by atoms with Crippen LogP contribution in [0.2, 0.25) is 0 Å². The van der Waals surface area contributed by atoms with Crippen LogP contribution >= 0.6 is 0 Å². The highest BCUT2D eigenvalue weighted by Crippen LogP contribution is 1.98. The second-order valence-electron chi connectivity index (χ2n) is 3.47. The van der Waals surface area contributed by atoms with Crippen molar-refractivity contribution in [3.8, 4) is 0 Å². The van der Waals surface area contributed by atoms with Crippen LogP contribution in [0.1, 0.15) is 11.4 Å². The second-order valence-corrected chi connectivity index (χ2v) is 3.47. The van der Waals surface area contributed by atoms with Gasteiger partial charge in [0.2, 0.25) is 0 Å². The van der Waals surface area contributed by atoms with E-state index < -0.39 is 0 Å². The fourth-order valence-corrected chi connectivity index (χ4v) is 1.35. The van der Waals surface area contributed by atoms with Gasteiger partial charge in [-0.2, -0.15) is 5.10 Å². The number of aryl methyl sites for hydroxylation is 1. The van der Waals surface area contributed by atoms with Crippen LogP contribution in [0.4, 0.5) is 0 Å². The van der Waals surface area contributed by atoms with Gasteiger partial charge in [-0.15, -0.1) is 10.2 Å². The van der Waals surface area contributed by atoms with Crippen LogP contribution < -0.4 is 5.32 Å². The molecule has 2 heterocycles. The predicted octanol–water partition coefficient (Wildman–Crippen LogP) is 0.402. The van der Waals surface area contributed by atoms with Crippen LogP contribution in [0.15, 0.2) is 25.3 Å². The zero-order chi connectivity index (χ0) is 11.4. The normalized spacial score (nSPS) is 10.6.